The van der Waals surface area contributed by atoms with Gasteiger partial charge in [-0.3, -0.25) is 9.80 Å². The van der Waals surface area contributed by atoms with Gasteiger partial charge >= 0.3 is 0 Å². The Kier molecular flexibility index (Phi) is 4.51. The van der Waals surface area contributed by atoms with Gasteiger partial charge in [0.2, 0.25) is 5.89 Å². The molecule has 1 aliphatic heterocycles. The predicted octanol–water partition coefficient (Wildman–Crippen LogP) is 3.77. The van der Waals surface area contributed by atoms with Gasteiger partial charge in [-0.15, -0.1) is 11.3 Å². The largest absolute Gasteiger partial charge is 0.440 e. The van der Waals surface area contributed by atoms with E-state index in [9.17, 15) is 0 Å². The van der Waals surface area contributed by atoms with Crippen molar-refractivity contribution in [1.29, 1.82) is 0 Å². The lowest BCUT2D eigenvalue weighted by atomic mass is 10.2. The van der Waals surface area contributed by atoms with Crippen molar-refractivity contribution in [3.63, 3.8) is 0 Å². The van der Waals surface area contributed by atoms with Crippen LogP contribution < -0.4 is 0 Å². The summed E-state index contributed by atoms with van der Waals surface area (Å²) in [5, 5.41) is 2.07. The van der Waals surface area contributed by atoms with E-state index in [1.807, 2.05) is 13.0 Å². The first-order chi connectivity index (χ1) is 11.3. The van der Waals surface area contributed by atoms with E-state index < -0.39 is 0 Å². The normalized spacial score (nSPS) is 21.3. The number of hydrogen-bond donors (Lipinski definition) is 0. The van der Waals surface area contributed by atoms with Crippen molar-refractivity contribution in [2.24, 2.45) is 0 Å². The Labute approximate surface area is 142 Å². The summed E-state index contributed by atoms with van der Waals surface area (Å²) >= 11 is 1.68. The highest BCUT2D eigenvalue weighted by Crippen LogP contribution is 2.27. The first-order valence-electron chi connectivity index (χ1n) is 8.76. The van der Waals surface area contributed by atoms with Gasteiger partial charge in [0.15, 0.2) is 0 Å². The van der Waals surface area contributed by atoms with E-state index in [0.29, 0.717) is 0 Å². The van der Waals surface area contributed by atoms with Crippen molar-refractivity contribution in [1.82, 2.24) is 14.8 Å². The average molecular weight is 331 g/mol. The highest BCUT2D eigenvalue weighted by Gasteiger charge is 2.26. The topological polar surface area (TPSA) is 32.5 Å². The number of aryl methyl sites for hydroxylation is 1. The molecule has 1 saturated carbocycles. The molecule has 5 heteroatoms. The summed E-state index contributed by atoms with van der Waals surface area (Å²) in [6.07, 6.45) is 5.67. The molecule has 1 aliphatic carbocycles. The van der Waals surface area contributed by atoms with Crippen LogP contribution in [0.1, 0.15) is 37.1 Å². The van der Waals surface area contributed by atoms with Crippen molar-refractivity contribution in [3.05, 3.63) is 29.0 Å². The number of rotatable bonds is 4. The second-order valence-electron chi connectivity index (χ2n) is 6.75. The highest BCUT2D eigenvalue weighted by atomic mass is 32.1. The maximum atomic E-state index is 5.87. The van der Waals surface area contributed by atoms with Crippen molar-refractivity contribution in [2.45, 2.75) is 45.2 Å². The number of piperazine rings is 1. The molecule has 2 aromatic heterocycles. The van der Waals surface area contributed by atoms with E-state index in [4.69, 9.17) is 9.40 Å². The maximum Gasteiger partial charge on any atom is 0.236 e. The van der Waals surface area contributed by atoms with Crippen LogP contribution in [0, 0.1) is 6.92 Å². The van der Waals surface area contributed by atoms with Crippen LogP contribution in [0.25, 0.3) is 10.8 Å². The number of thiophene rings is 1. The zero-order chi connectivity index (χ0) is 15.6. The lowest BCUT2D eigenvalue weighted by Crippen LogP contribution is -2.49. The van der Waals surface area contributed by atoms with Gasteiger partial charge in [0.25, 0.3) is 0 Å². The zero-order valence-corrected chi connectivity index (χ0v) is 14.6. The fourth-order valence-corrected chi connectivity index (χ4v) is 4.50. The minimum atomic E-state index is 0.775. The first kappa shape index (κ1) is 15.4. The van der Waals surface area contributed by atoms with E-state index in [1.54, 1.807) is 11.3 Å². The van der Waals surface area contributed by atoms with Crippen LogP contribution in [-0.4, -0.2) is 47.0 Å². The van der Waals surface area contributed by atoms with Crippen LogP contribution in [0.15, 0.2) is 21.9 Å². The van der Waals surface area contributed by atoms with E-state index in [-0.39, 0.29) is 0 Å². The van der Waals surface area contributed by atoms with E-state index in [0.717, 1.165) is 47.9 Å². The predicted molar refractivity (Wildman–Crippen MR) is 93.7 cm³/mol. The standard InChI is InChI=1S/C18H25N3OS/c1-14-16(19-18(22-14)17-7-4-12-23-17)13-20-8-10-21(11-9-20)15-5-2-3-6-15/h4,7,12,15H,2-3,5-6,8-11,13H2,1H3. The van der Waals surface area contributed by atoms with Gasteiger partial charge < -0.3 is 4.42 Å². The summed E-state index contributed by atoms with van der Waals surface area (Å²) in [6, 6.07) is 4.97. The number of aromatic nitrogens is 1. The molecule has 4 nitrogen and oxygen atoms in total. The SMILES string of the molecule is Cc1oc(-c2cccs2)nc1CN1CCN(C2CCCC2)CC1. The van der Waals surface area contributed by atoms with E-state index >= 15 is 0 Å². The van der Waals surface area contributed by atoms with Crippen LogP contribution in [0.4, 0.5) is 0 Å². The molecule has 2 fully saturated rings. The van der Waals surface area contributed by atoms with Gasteiger partial charge in [0.05, 0.1) is 10.6 Å². The Morgan fingerprint density at radius 2 is 2.00 bits per heavy atom. The third-order valence-electron chi connectivity index (χ3n) is 5.25. The highest BCUT2D eigenvalue weighted by molar-refractivity contribution is 7.13. The van der Waals surface area contributed by atoms with E-state index in [2.05, 4.69) is 21.2 Å². The molecule has 0 N–H and O–H groups in total. The molecule has 3 heterocycles. The molecule has 23 heavy (non-hydrogen) atoms. The lowest BCUT2D eigenvalue weighted by Gasteiger charge is -2.37. The molecule has 0 unspecified atom stereocenters. The number of nitrogens with zero attached hydrogens (tertiary/aromatic N) is 3. The summed E-state index contributed by atoms with van der Waals surface area (Å²) < 4.78 is 5.87. The minimum absolute atomic E-state index is 0.775. The molecular formula is C18H25N3OS. The average Bonchev–Trinajstić information content (AvgIpc) is 3.30. The molecule has 0 aromatic carbocycles. The summed E-state index contributed by atoms with van der Waals surface area (Å²) in [4.78, 5) is 11.1. The third-order valence-corrected chi connectivity index (χ3v) is 6.10. The summed E-state index contributed by atoms with van der Waals surface area (Å²) in [5.41, 5.74) is 1.10. The van der Waals surface area contributed by atoms with Crippen LogP contribution in [0.5, 0.6) is 0 Å². The second-order valence-corrected chi connectivity index (χ2v) is 7.70. The lowest BCUT2D eigenvalue weighted by molar-refractivity contribution is 0.0928. The Bertz CT molecular complexity index is 623. The molecule has 4 rings (SSSR count). The minimum Gasteiger partial charge on any atom is -0.440 e. The molecule has 2 aliphatic rings. The summed E-state index contributed by atoms with van der Waals surface area (Å²) in [7, 11) is 0. The van der Waals surface area contributed by atoms with Gasteiger partial charge in [-0.25, -0.2) is 4.98 Å². The quantitative estimate of drug-likeness (QED) is 0.854. The van der Waals surface area contributed by atoms with Crippen molar-refractivity contribution < 1.29 is 4.42 Å². The molecule has 0 radical (unpaired) electrons. The van der Waals surface area contributed by atoms with Gasteiger partial charge in [-0.2, -0.15) is 0 Å². The Morgan fingerprint density at radius 3 is 2.70 bits per heavy atom. The first-order valence-corrected chi connectivity index (χ1v) is 9.64. The van der Waals surface area contributed by atoms with Crippen molar-refractivity contribution in [3.8, 4) is 10.8 Å². The maximum absolute atomic E-state index is 5.87. The van der Waals surface area contributed by atoms with Gasteiger partial charge in [0.1, 0.15) is 5.76 Å². The van der Waals surface area contributed by atoms with Gasteiger partial charge in [-0.05, 0) is 31.2 Å². The Hall–Kier alpha value is -1.17. The van der Waals surface area contributed by atoms with Crippen molar-refractivity contribution >= 4 is 11.3 Å². The summed E-state index contributed by atoms with van der Waals surface area (Å²) in [6.45, 7) is 7.67. The van der Waals surface area contributed by atoms with Crippen LogP contribution in [-0.2, 0) is 6.54 Å². The van der Waals surface area contributed by atoms with Crippen LogP contribution >= 0.6 is 11.3 Å². The molecule has 0 spiro atoms. The molecule has 0 atom stereocenters. The third kappa shape index (κ3) is 3.37. The van der Waals surface area contributed by atoms with Crippen LogP contribution in [0.2, 0.25) is 0 Å². The number of oxazole rings is 1. The molecule has 1 saturated heterocycles. The molecule has 0 amide bonds. The summed E-state index contributed by atoms with van der Waals surface area (Å²) in [5.74, 6) is 1.74. The molecule has 0 bridgehead atoms. The molecule has 2 aromatic rings. The van der Waals surface area contributed by atoms with Crippen molar-refractivity contribution in [2.75, 3.05) is 26.2 Å². The Balaban J connectivity index is 1.36. The fourth-order valence-electron chi connectivity index (χ4n) is 3.85. The van der Waals surface area contributed by atoms with Crippen LogP contribution in [0.3, 0.4) is 0 Å². The number of hydrogen-bond acceptors (Lipinski definition) is 5. The molecular weight excluding hydrogens is 306 g/mol. The monoisotopic (exact) mass is 331 g/mol. The second kappa shape index (κ2) is 6.75. The smallest absolute Gasteiger partial charge is 0.236 e. The molecule has 124 valence electrons. The van der Waals surface area contributed by atoms with E-state index in [1.165, 1.54) is 38.8 Å². The van der Waals surface area contributed by atoms with Gasteiger partial charge in [-0.1, -0.05) is 18.9 Å². The van der Waals surface area contributed by atoms with Gasteiger partial charge in [0, 0.05) is 38.8 Å². The fraction of sp³-hybridized carbons (Fsp3) is 0.611. The Morgan fingerprint density at radius 1 is 1.22 bits per heavy atom. The zero-order valence-electron chi connectivity index (χ0n) is 13.8.